The number of anilines is 1. The third-order valence-electron chi connectivity index (χ3n) is 4.84. The number of aromatic nitrogens is 1. The molecule has 28 heavy (non-hydrogen) atoms. The van der Waals surface area contributed by atoms with Crippen molar-refractivity contribution in [2.24, 2.45) is 0 Å². The quantitative estimate of drug-likeness (QED) is 0.726. The molecule has 2 heterocycles. The Balaban J connectivity index is 1.45. The minimum Gasteiger partial charge on any atom is -0.436 e. The first-order valence-electron chi connectivity index (χ1n) is 9.47. The number of hydrogen-bond acceptors (Lipinski definition) is 4. The zero-order valence-electron chi connectivity index (χ0n) is 15.6. The van der Waals surface area contributed by atoms with Crippen molar-refractivity contribution >= 4 is 28.7 Å². The Kier molecular flexibility index (Phi) is 4.97. The van der Waals surface area contributed by atoms with Crippen LogP contribution in [-0.4, -0.2) is 41.0 Å². The second-order valence-corrected chi connectivity index (χ2v) is 6.74. The average molecular weight is 378 g/mol. The van der Waals surface area contributed by atoms with Crippen molar-refractivity contribution in [1.82, 2.24) is 15.2 Å². The number of rotatable bonds is 4. The largest absolute Gasteiger partial charge is 0.436 e. The van der Waals surface area contributed by atoms with E-state index in [1.165, 1.54) is 0 Å². The molecule has 2 aromatic carbocycles. The van der Waals surface area contributed by atoms with Crippen LogP contribution in [0, 0.1) is 0 Å². The van der Waals surface area contributed by atoms with Crippen LogP contribution in [0.2, 0.25) is 0 Å². The van der Waals surface area contributed by atoms with Gasteiger partial charge in [-0.15, -0.1) is 0 Å². The van der Waals surface area contributed by atoms with Crippen molar-refractivity contribution < 1.29 is 14.0 Å². The summed E-state index contributed by atoms with van der Waals surface area (Å²) in [7, 11) is 0. The van der Waals surface area contributed by atoms with Crippen molar-refractivity contribution in [3.05, 3.63) is 48.5 Å². The van der Waals surface area contributed by atoms with Crippen LogP contribution >= 0.6 is 0 Å². The van der Waals surface area contributed by atoms with Crippen molar-refractivity contribution in [3.8, 4) is 11.5 Å². The van der Waals surface area contributed by atoms with Gasteiger partial charge in [0.2, 0.25) is 11.8 Å². The molecule has 2 N–H and O–H groups in total. The number of para-hydroxylation sites is 2. The second-order valence-electron chi connectivity index (χ2n) is 6.74. The number of fused-ring (bicyclic) bond motifs is 1. The van der Waals surface area contributed by atoms with E-state index in [-0.39, 0.29) is 11.9 Å². The number of benzene rings is 2. The predicted molar refractivity (Wildman–Crippen MR) is 107 cm³/mol. The number of nitrogens with zero attached hydrogens (tertiary/aromatic N) is 2. The maximum atomic E-state index is 12.6. The summed E-state index contributed by atoms with van der Waals surface area (Å²) in [6, 6.07) is 14.3. The Hall–Kier alpha value is -3.35. The van der Waals surface area contributed by atoms with Crippen LogP contribution in [-0.2, 0) is 4.79 Å². The van der Waals surface area contributed by atoms with E-state index in [9.17, 15) is 9.59 Å². The molecular formula is C21H22N4O3. The van der Waals surface area contributed by atoms with Crippen molar-refractivity contribution in [2.75, 3.05) is 18.4 Å². The second kappa shape index (κ2) is 7.72. The molecule has 144 valence electrons. The lowest BCUT2D eigenvalue weighted by atomic mass is 10.1. The number of carbonyl (C=O) groups is 2. The van der Waals surface area contributed by atoms with Gasteiger partial charge in [0, 0.05) is 24.3 Å². The summed E-state index contributed by atoms with van der Waals surface area (Å²) >= 11 is 0. The molecule has 1 atom stereocenters. The maximum Gasteiger partial charge on any atom is 0.318 e. The molecule has 0 aliphatic carbocycles. The van der Waals surface area contributed by atoms with E-state index in [2.05, 4.69) is 15.6 Å². The van der Waals surface area contributed by atoms with Crippen molar-refractivity contribution in [3.63, 3.8) is 0 Å². The lowest BCUT2D eigenvalue weighted by molar-refractivity contribution is -0.119. The molecule has 1 aliphatic rings. The Morgan fingerprint density at radius 1 is 1.18 bits per heavy atom. The van der Waals surface area contributed by atoms with Gasteiger partial charge in [0.05, 0.1) is 0 Å². The SMILES string of the molecule is CCNC(=O)N1CCCC1C(=O)Nc1ccc(-c2nc3ccccc3o2)cc1. The minimum atomic E-state index is -0.441. The number of urea groups is 1. The highest BCUT2D eigenvalue weighted by Gasteiger charge is 2.33. The number of amides is 3. The number of hydrogen-bond donors (Lipinski definition) is 2. The molecule has 0 saturated carbocycles. The average Bonchev–Trinajstić information content (AvgIpc) is 3.36. The summed E-state index contributed by atoms with van der Waals surface area (Å²) < 4.78 is 5.77. The summed E-state index contributed by atoms with van der Waals surface area (Å²) in [5.41, 5.74) is 3.05. The Labute approximate surface area is 162 Å². The van der Waals surface area contributed by atoms with E-state index < -0.39 is 6.04 Å². The van der Waals surface area contributed by atoms with Gasteiger partial charge in [-0.3, -0.25) is 4.79 Å². The highest BCUT2D eigenvalue weighted by molar-refractivity contribution is 5.97. The van der Waals surface area contributed by atoms with Crippen LogP contribution in [0.5, 0.6) is 0 Å². The highest BCUT2D eigenvalue weighted by Crippen LogP contribution is 2.26. The molecule has 1 fully saturated rings. The molecule has 1 aliphatic heterocycles. The summed E-state index contributed by atoms with van der Waals surface area (Å²) in [6.45, 7) is 3.00. The Morgan fingerprint density at radius 2 is 1.96 bits per heavy atom. The molecule has 4 rings (SSSR count). The molecule has 0 radical (unpaired) electrons. The lowest BCUT2D eigenvalue weighted by Crippen LogP contribution is -2.47. The summed E-state index contributed by atoms with van der Waals surface area (Å²) in [5, 5.41) is 5.67. The first-order valence-corrected chi connectivity index (χ1v) is 9.47. The predicted octanol–water partition coefficient (Wildman–Crippen LogP) is 3.63. The van der Waals surface area contributed by atoms with Crippen LogP contribution in [0.4, 0.5) is 10.5 Å². The minimum absolute atomic E-state index is 0.168. The van der Waals surface area contributed by atoms with Gasteiger partial charge in [-0.1, -0.05) is 12.1 Å². The first kappa shape index (κ1) is 18.0. The van der Waals surface area contributed by atoms with Gasteiger partial charge in [-0.25, -0.2) is 9.78 Å². The molecule has 0 spiro atoms. The zero-order chi connectivity index (χ0) is 19.5. The Morgan fingerprint density at radius 3 is 2.71 bits per heavy atom. The van der Waals surface area contributed by atoms with Crippen LogP contribution in [0.3, 0.4) is 0 Å². The van der Waals surface area contributed by atoms with E-state index in [4.69, 9.17) is 4.42 Å². The van der Waals surface area contributed by atoms with Gasteiger partial charge in [0.1, 0.15) is 11.6 Å². The monoisotopic (exact) mass is 378 g/mol. The smallest absolute Gasteiger partial charge is 0.318 e. The van der Waals surface area contributed by atoms with Gasteiger partial charge in [0.15, 0.2) is 5.58 Å². The van der Waals surface area contributed by atoms with Crippen molar-refractivity contribution in [1.29, 1.82) is 0 Å². The molecule has 7 nitrogen and oxygen atoms in total. The van der Waals surface area contributed by atoms with E-state index in [1.54, 1.807) is 4.90 Å². The number of carbonyl (C=O) groups excluding carboxylic acids is 2. The van der Waals surface area contributed by atoms with Gasteiger partial charge < -0.3 is 20.0 Å². The molecule has 1 unspecified atom stereocenters. The van der Waals surface area contributed by atoms with Gasteiger partial charge in [0.25, 0.3) is 0 Å². The number of nitrogens with one attached hydrogen (secondary N) is 2. The fourth-order valence-electron chi connectivity index (χ4n) is 3.45. The van der Waals surface area contributed by atoms with Crippen LogP contribution in [0.25, 0.3) is 22.6 Å². The van der Waals surface area contributed by atoms with Crippen LogP contribution in [0.15, 0.2) is 52.9 Å². The van der Waals surface area contributed by atoms with E-state index in [0.29, 0.717) is 31.1 Å². The van der Waals surface area contributed by atoms with Crippen molar-refractivity contribution in [2.45, 2.75) is 25.8 Å². The van der Waals surface area contributed by atoms with Crippen LogP contribution < -0.4 is 10.6 Å². The molecule has 0 bridgehead atoms. The van der Waals surface area contributed by atoms with Gasteiger partial charge in [-0.05, 0) is 56.2 Å². The number of likely N-dealkylation sites (tertiary alicyclic amines) is 1. The molecule has 3 amide bonds. The van der Waals surface area contributed by atoms with Gasteiger partial charge in [-0.2, -0.15) is 0 Å². The van der Waals surface area contributed by atoms with E-state index >= 15 is 0 Å². The lowest BCUT2D eigenvalue weighted by Gasteiger charge is -2.24. The fraction of sp³-hybridized carbons (Fsp3) is 0.286. The zero-order valence-corrected chi connectivity index (χ0v) is 15.6. The van der Waals surface area contributed by atoms with E-state index in [0.717, 1.165) is 23.1 Å². The number of oxazole rings is 1. The molecule has 1 saturated heterocycles. The standard InChI is InChI=1S/C21H22N4O3/c1-2-22-21(27)25-13-5-7-17(25)19(26)23-15-11-9-14(10-12-15)20-24-16-6-3-4-8-18(16)28-20/h3-4,6,8-12,17H,2,5,7,13H2,1H3,(H,22,27)(H,23,26). The molecule has 1 aromatic heterocycles. The highest BCUT2D eigenvalue weighted by atomic mass is 16.3. The first-order chi connectivity index (χ1) is 13.7. The Bertz CT molecular complexity index is 963. The maximum absolute atomic E-state index is 12.6. The fourth-order valence-corrected chi connectivity index (χ4v) is 3.45. The topological polar surface area (TPSA) is 87.5 Å². The van der Waals surface area contributed by atoms with E-state index in [1.807, 2.05) is 55.5 Å². The van der Waals surface area contributed by atoms with Gasteiger partial charge >= 0.3 is 6.03 Å². The third-order valence-corrected chi connectivity index (χ3v) is 4.84. The molecule has 3 aromatic rings. The molecular weight excluding hydrogens is 356 g/mol. The normalized spacial score (nSPS) is 16.3. The summed E-state index contributed by atoms with van der Waals surface area (Å²) in [6.07, 6.45) is 1.50. The molecule has 7 heteroatoms. The van der Waals surface area contributed by atoms with Crippen LogP contribution in [0.1, 0.15) is 19.8 Å². The summed E-state index contributed by atoms with van der Waals surface area (Å²) in [4.78, 5) is 30.8. The summed E-state index contributed by atoms with van der Waals surface area (Å²) in [5.74, 6) is 0.371. The third kappa shape index (κ3) is 3.55.